The third-order valence-electron chi connectivity index (χ3n) is 5.05. The summed E-state index contributed by atoms with van der Waals surface area (Å²) in [5.41, 5.74) is 2.17. The topological polar surface area (TPSA) is 36.7 Å². The van der Waals surface area contributed by atoms with Gasteiger partial charge in [0.25, 0.3) is 0 Å². The van der Waals surface area contributed by atoms with Crippen LogP contribution in [0.2, 0.25) is 0 Å². The second kappa shape index (κ2) is 6.74. The van der Waals surface area contributed by atoms with Crippen LogP contribution in [0, 0.1) is 0 Å². The van der Waals surface area contributed by atoms with Gasteiger partial charge < -0.3 is 0 Å². The minimum atomic E-state index is 0.541. The lowest BCUT2D eigenvalue weighted by atomic mass is 10.3. The number of nitrogens with one attached hydrogen (secondary N) is 1. The monoisotopic (exact) mass is 396 g/mol. The van der Waals surface area contributed by atoms with Crippen molar-refractivity contribution >= 4 is 53.4 Å². The molecule has 1 aliphatic heterocycles. The molecule has 5 nitrogen and oxygen atoms in total. The molecule has 1 fully saturated rings. The Morgan fingerprint density at radius 2 is 1.30 bits per heavy atom. The highest BCUT2D eigenvalue weighted by molar-refractivity contribution is 7.22. The van der Waals surface area contributed by atoms with Gasteiger partial charge in [0.2, 0.25) is 0 Å². The maximum atomic E-state index is 4.89. The summed E-state index contributed by atoms with van der Waals surface area (Å²) in [6.07, 6.45) is 0. The molecule has 4 aromatic rings. The van der Waals surface area contributed by atoms with E-state index in [2.05, 4.69) is 72.2 Å². The maximum absolute atomic E-state index is 4.89. The summed E-state index contributed by atoms with van der Waals surface area (Å²) < 4.78 is 2.49. The molecule has 0 aliphatic carbocycles. The Bertz CT molecular complexity index is 938. The van der Waals surface area contributed by atoms with Crippen molar-refractivity contribution in [3.05, 3.63) is 48.5 Å². The Kier molecular flexibility index (Phi) is 4.22. The molecule has 0 unspecified atom stereocenters. The molecular formula is C20H22N5S2+. The van der Waals surface area contributed by atoms with Crippen molar-refractivity contribution in [2.45, 2.75) is 19.9 Å². The van der Waals surface area contributed by atoms with Gasteiger partial charge in [-0.15, -0.1) is 0 Å². The minimum absolute atomic E-state index is 0.541. The van der Waals surface area contributed by atoms with Gasteiger partial charge in [-0.1, -0.05) is 46.9 Å². The number of rotatable bonds is 3. The second-order valence-electron chi connectivity index (χ2n) is 7.28. The van der Waals surface area contributed by atoms with Crippen molar-refractivity contribution < 1.29 is 4.90 Å². The fraction of sp³-hybridized carbons (Fsp3) is 0.300. The number of anilines is 2. The smallest absolute Gasteiger partial charge is 0.192 e. The normalized spacial score (nSPS) is 16.1. The van der Waals surface area contributed by atoms with Crippen LogP contribution in [-0.4, -0.2) is 36.0 Å². The van der Waals surface area contributed by atoms with Gasteiger partial charge in [-0.25, -0.2) is 9.97 Å². The average molecular weight is 397 g/mol. The molecule has 2 aromatic carbocycles. The first kappa shape index (κ1) is 16.9. The Hall–Kier alpha value is -2.22. The zero-order chi connectivity index (χ0) is 18.4. The number of fused-ring (bicyclic) bond motifs is 2. The fourth-order valence-electron chi connectivity index (χ4n) is 3.46. The predicted octanol–water partition coefficient (Wildman–Crippen LogP) is 3.40. The number of aromatic nitrogens is 2. The van der Waals surface area contributed by atoms with Gasteiger partial charge in [-0.05, 0) is 38.1 Å². The van der Waals surface area contributed by atoms with E-state index in [1.807, 2.05) is 0 Å². The molecule has 0 saturated carbocycles. The summed E-state index contributed by atoms with van der Waals surface area (Å²) >= 11 is 3.56. The molecule has 1 aliphatic rings. The molecule has 0 radical (unpaired) electrons. The Morgan fingerprint density at radius 3 is 1.74 bits per heavy atom. The van der Waals surface area contributed by atoms with Crippen LogP contribution in [0.25, 0.3) is 20.4 Å². The standard InChI is InChI=1S/C20H21N5S2/c1-14(2)23-11-24(19-21-15-7-3-5-9-17(15)26-19)13-25(12-23)20-22-16-8-4-6-10-18(16)27-20/h3-10,14H,11-13H2,1-2H3/p+1. The Balaban J connectivity index is 1.50. The van der Waals surface area contributed by atoms with Crippen molar-refractivity contribution in [2.75, 3.05) is 29.8 Å². The first-order chi connectivity index (χ1) is 13.2. The number of hydrogen-bond donors (Lipinski definition) is 1. The van der Waals surface area contributed by atoms with Gasteiger partial charge in [0, 0.05) is 0 Å². The van der Waals surface area contributed by atoms with Crippen LogP contribution in [0.3, 0.4) is 0 Å². The molecule has 1 N–H and O–H groups in total. The fourth-order valence-corrected chi connectivity index (χ4v) is 5.37. The van der Waals surface area contributed by atoms with E-state index >= 15 is 0 Å². The molecule has 27 heavy (non-hydrogen) atoms. The highest BCUT2D eigenvalue weighted by Crippen LogP contribution is 2.32. The van der Waals surface area contributed by atoms with Gasteiger partial charge >= 0.3 is 0 Å². The Morgan fingerprint density at radius 1 is 0.815 bits per heavy atom. The number of nitrogens with zero attached hydrogens (tertiary/aromatic N) is 4. The third-order valence-corrected chi connectivity index (χ3v) is 7.25. The number of benzene rings is 2. The molecule has 1 saturated heterocycles. The Labute approximate surface area is 166 Å². The summed E-state index contributed by atoms with van der Waals surface area (Å²) in [6, 6.07) is 17.3. The van der Waals surface area contributed by atoms with Crippen molar-refractivity contribution in [1.82, 2.24) is 9.97 Å². The summed E-state index contributed by atoms with van der Waals surface area (Å²) in [5.74, 6) is 0. The second-order valence-corrected chi connectivity index (χ2v) is 9.30. The predicted molar refractivity (Wildman–Crippen MR) is 115 cm³/mol. The van der Waals surface area contributed by atoms with Gasteiger partial charge in [0.15, 0.2) is 23.6 Å². The van der Waals surface area contributed by atoms with Crippen LogP contribution in [0.1, 0.15) is 13.8 Å². The molecule has 138 valence electrons. The summed E-state index contributed by atoms with van der Waals surface area (Å²) in [6.45, 7) is 7.34. The van der Waals surface area contributed by atoms with Gasteiger partial charge in [-0.2, -0.15) is 0 Å². The van der Waals surface area contributed by atoms with Crippen molar-refractivity contribution in [1.29, 1.82) is 0 Å². The van der Waals surface area contributed by atoms with Crippen LogP contribution in [0.4, 0.5) is 10.3 Å². The third kappa shape index (κ3) is 3.16. The lowest BCUT2D eigenvalue weighted by Gasteiger charge is -2.40. The average Bonchev–Trinajstić information content (AvgIpc) is 3.31. The van der Waals surface area contributed by atoms with Crippen molar-refractivity contribution in [2.24, 2.45) is 0 Å². The van der Waals surface area contributed by atoms with E-state index in [4.69, 9.17) is 9.97 Å². The van der Waals surface area contributed by atoms with E-state index in [0.717, 1.165) is 41.3 Å². The van der Waals surface area contributed by atoms with Crippen molar-refractivity contribution in [3.63, 3.8) is 0 Å². The maximum Gasteiger partial charge on any atom is 0.192 e. The quantitative estimate of drug-likeness (QED) is 0.576. The van der Waals surface area contributed by atoms with E-state index in [9.17, 15) is 0 Å². The number of thiazole rings is 2. The van der Waals surface area contributed by atoms with Crippen molar-refractivity contribution in [3.8, 4) is 0 Å². The molecule has 0 amide bonds. The van der Waals surface area contributed by atoms with Crippen LogP contribution in [-0.2, 0) is 0 Å². The molecular weight excluding hydrogens is 374 g/mol. The molecule has 2 aromatic heterocycles. The number of hydrogen-bond acceptors (Lipinski definition) is 6. The largest absolute Gasteiger partial charge is 0.299 e. The molecule has 0 spiro atoms. The summed E-state index contributed by atoms with van der Waals surface area (Å²) in [5, 5.41) is 2.19. The molecule has 5 rings (SSSR count). The highest BCUT2D eigenvalue weighted by Gasteiger charge is 2.31. The number of para-hydroxylation sites is 2. The van der Waals surface area contributed by atoms with E-state index < -0.39 is 0 Å². The summed E-state index contributed by atoms with van der Waals surface area (Å²) in [7, 11) is 0. The minimum Gasteiger partial charge on any atom is -0.299 e. The van der Waals surface area contributed by atoms with E-state index in [0.29, 0.717) is 6.04 Å². The first-order valence-electron chi connectivity index (χ1n) is 9.23. The van der Waals surface area contributed by atoms with E-state index in [1.54, 1.807) is 22.7 Å². The van der Waals surface area contributed by atoms with Crippen LogP contribution >= 0.6 is 22.7 Å². The SMILES string of the molecule is CC(C)[NH+]1CN(c2nc3ccccc3s2)CN(c2nc3ccccc3s2)C1. The molecule has 0 atom stereocenters. The van der Waals surface area contributed by atoms with E-state index in [1.165, 1.54) is 14.3 Å². The lowest BCUT2D eigenvalue weighted by Crippen LogP contribution is -3.19. The van der Waals surface area contributed by atoms with Gasteiger partial charge in [0.05, 0.1) is 26.5 Å². The number of quaternary nitrogens is 1. The zero-order valence-corrected chi connectivity index (χ0v) is 17.1. The van der Waals surface area contributed by atoms with E-state index in [-0.39, 0.29) is 0 Å². The van der Waals surface area contributed by atoms with Gasteiger partial charge in [0.1, 0.15) is 6.67 Å². The molecule has 3 heterocycles. The highest BCUT2D eigenvalue weighted by atomic mass is 32.1. The van der Waals surface area contributed by atoms with Crippen LogP contribution in [0.15, 0.2) is 48.5 Å². The molecule has 7 heteroatoms. The van der Waals surface area contributed by atoms with Crippen LogP contribution in [0.5, 0.6) is 0 Å². The van der Waals surface area contributed by atoms with Gasteiger partial charge in [-0.3, -0.25) is 14.7 Å². The molecule has 0 bridgehead atoms. The lowest BCUT2D eigenvalue weighted by molar-refractivity contribution is -0.923. The summed E-state index contributed by atoms with van der Waals surface area (Å²) in [4.78, 5) is 16.1. The zero-order valence-electron chi connectivity index (χ0n) is 15.4. The van der Waals surface area contributed by atoms with Crippen LogP contribution < -0.4 is 14.7 Å². The first-order valence-corrected chi connectivity index (χ1v) is 10.9.